The van der Waals surface area contributed by atoms with Crippen LogP contribution >= 0.6 is 11.8 Å². The highest BCUT2D eigenvalue weighted by Gasteiger charge is 2.23. The molecule has 3 heterocycles. The van der Waals surface area contributed by atoms with Crippen LogP contribution in [-0.2, 0) is 17.6 Å². The Bertz CT molecular complexity index is 1170. The zero-order chi connectivity index (χ0) is 19.1. The van der Waals surface area contributed by atoms with Crippen molar-refractivity contribution in [2.45, 2.75) is 36.1 Å². The molecule has 1 aliphatic rings. The van der Waals surface area contributed by atoms with Gasteiger partial charge in [0.05, 0.1) is 12.0 Å². The number of nitrogens with zero attached hydrogens (tertiary/aromatic N) is 4. The lowest BCUT2D eigenvalue weighted by Crippen LogP contribution is -2.05. The number of anilines is 1. The van der Waals surface area contributed by atoms with Crippen molar-refractivity contribution in [3.05, 3.63) is 53.9 Å². The molecule has 140 valence electrons. The number of hydrogen-bond acceptors (Lipinski definition) is 6. The number of fused-ring (bicyclic) bond motifs is 2. The van der Waals surface area contributed by atoms with Crippen LogP contribution in [0.3, 0.4) is 0 Å². The average molecular weight is 391 g/mol. The number of nitrogens with one attached hydrogen (secondary N) is 1. The molecular formula is C20H17N5O2S. The second-order valence-electron chi connectivity index (χ2n) is 6.63. The largest absolute Gasteiger partial charge is 0.461 e. The molecule has 0 spiro atoms. The van der Waals surface area contributed by atoms with Crippen LogP contribution in [0.5, 0.6) is 0 Å². The number of carbonyl (C=O) groups excluding carboxylic acids is 1. The molecule has 1 N–H and O–H groups in total. The standard InChI is InChI=1S/C20H17N5O2S/c1-12(26)21-13-7-9-14(10-8-13)28-19-15-4-2-5-16(15)22-20-23-18(24-25(19)20)17-6-3-11-27-17/h3,6-11H,2,4-5H2,1H3,(H,21,26). The van der Waals surface area contributed by atoms with Gasteiger partial charge in [-0.2, -0.15) is 9.50 Å². The van der Waals surface area contributed by atoms with Crippen molar-refractivity contribution in [1.29, 1.82) is 0 Å². The topological polar surface area (TPSA) is 85.3 Å². The Morgan fingerprint density at radius 1 is 1.18 bits per heavy atom. The molecule has 0 fully saturated rings. The van der Waals surface area contributed by atoms with E-state index in [1.54, 1.807) is 18.0 Å². The first-order valence-corrected chi connectivity index (χ1v) is 9.87. The summed E-state index contributed by atoms with van der Waals surface area (Å²) < 4.78 is 7.26. The zero-order valence-corrected chi connectivity index (χ0v) is 16.0. The first-order valence-electron chi connectivity index (χ1n) is 9.05. The fourth-order valence-corrected chi connectivity index (χ4v) is 4.43. The van der Waals surface area contributed by atoms with Crippen molar-refractivity contribution in [1.82, 2.24) is 19.6 Å². The third-order valence-corrected chi connectivity index (χ3v) is 5.72. The van der Waals surface area contributed by atoms with E-state index in [-0.39, 0.29) is 5.91 Å². The molecule has 0 aliphatic heterocycles. The van der Waals surface area contributed by atoms with Gasteiger partial charge < -0.3 is 9.73 Å². The van der Waals surface area contributed by atoms with Crippen molar-refractivity contribution in [2.75, 3.05) is 5.32 Å². The van der Waals surface area contributed by atoms with Crippen molar-refractivity contribution >= 4 is 29.1 Å². The predicted octanol–water partition coefficient (Wildman–Crippen LogP) is 3.98. The molecule has 0 bridgehead atoms. The Hall–Kier alpha value is -3.13. The monoisotopic (exact) mass is 391 g/mol. The quantitative estimate of drug-likeness (QED) is 0.530. The maximum Gasteiger partial charge on any atom is 0.254 e. The summed E-state index contributed by atoms with van der Waals surface area (Å²) in [5.74, 6) is 1.66. The normalized spacial score (nSPS) is 13.0. The molecule has 1 aliphatic carbocycles. The minimum atomic E-state index is -0.0814. The highest BCUT2D eigenvalue weighted by molar-refractivity contribution is 7.99. The number of carbonyl (C=O) groups is 1. The maximum absolute atomic E-state index is 11.2. The maximum atomic E-state index is 11.2. The molecule has 5 rings (SSSR count). The molecule has 0 unspecified atom stereocenters. The van der Waals surface area contributed by atoms with Crippen LogP contribution in [0.15, 0.2) is 57.0 Å². The van der Waals surface area contributed by atoms with Gasteiger partial charge in [0, 0.05) is 23.1 Å². The van der Waals surface area contributed by atoms with Gasteiger partial charge in [-0.1, -0.05) is 11.8 Å². The van der Waals surface area contributed by atoms with E-state index in [4.69, 9.17) is 9.40 Å². The fraction of sp³-hybridized carbons (Fsp3) is 0.200. The van der Waals surface area contributed by atoms with E-state index >= 15 is 0 Å². The van der Waals surface area contributed by atoms with E-state index in [0.717, 1.165) is 40.6 Å². The lowest BCUT2D eigenvalue weighted by atomic mass is 10.3. The summed E-state index contributed by atoms with van der Waals surface area (Å²) in [6.07, 6.45) is 4.65. The predicted molar refractivity (Wildman–Crippen MR) is 105 cm³/mol. The number of rotatable bonds is 4. The number of benzene rings is 1. The average Bonchev–Trinajstić information content (AvgIpc) is 3.42. The molecule has 1 amide bonds. The molecule has 1 aromatic carbocycles. The SMILES string of the molecule is CC(=O)Nc1ccc(Sc2c3c(nc4nc(-c5ccco5)nn24)CCC3)cc1. The number of hydrogen-bond donors (Lipinski definition) is 1. The third kappa shape index (κ3) is 3.05. The Balaban J connectivity index is 1.56. The summed E-state index contributed by atoms with van der Waals surface area (Å²) in [6.45, 7) is 1.50. The van der Waals surface area contributed by atoms with Crippen molar-refractivity contribution < 1.29 is 9.21 Å². The van der Waals surface area contributed by atoms with Gasteiger partial charge in [-0.3, -0.25) is 4.79 Å². The number of aryl methyl sites for hydroxylation is 1. The first-order chi connectivity index (χ1) is 13.7. The number of furan rings is 1. The van der Waals surface area contributed by atoms with Crippen LogP contribution in [0.2, 0.25) is 0 Å². The van der Waals surface area contributed by atoms with Crippen LogP contribution in [-0.4, -0.2) is 25.5 Å². The molecule has 28 heavy (non-hydrogen) atoms. The van der Waals surface area contributed by atoms with Crippen molar-refractivity contribution in [2.24, 2.45) is 0 Å². The lowest BCUT2D eigenvalue weighted by Gasteiger charge is -2.10. The third-order valence-electron chi connectivity index (χ3n) is 4.60. The Kier molecular flexibility index (Phi) is 4.12. The van der Waals surface area contributed by atoms with Gasteiger partial charge in [-0.05, 0) is 55.7 Å². The lowest BCUT2D eigenvalue weighted by molar-refractivity contribution is -0.114. The number of aromatic nitrogens is 4. The highest BCUT2D eigenvalue weighted by atomic mass is 32.2. The van der Waals surface area contributed by atoms with E-state index < -0.39 is 0 Å². The molecular weight excluding hydrogens is 374 g/mol. The minimum absolute atomic E-state index is 0.0814. The second kappa shape index (κ2) is 6.79. The summed E-state index contributed by atoms with van der Waals surface area (Å²) in [4.78, 5) is 21.6. The molecule has 0 radical (unpaired) electrons. The smallest absolute Gasteiger partial charge is 0.254 e. The zero-order valence-electron chi connectivity index (χ0n) is 15.2. The van der Waals surface area contributed by atoms with E-state index in [0.29, 0.717) is 17.4 Å². The van der Waals surface area contributed by atoms with Gasteiger partial charge in [-0.15, -0.1) is 5.10 Å². The van der Waals surface area contributed by atoms with Crippen LogP contribution in [0.25, 0.3) is 17.4 Å². The van der Waals surface area contributed by atoms with Gasteiger partial charge in [0.25, 0.3) is 5.78 Å². The minimum Gasteiger partial charge on any atom is -0.461 e. The van der Waals surface area contributed by atoms with Gasteiger partial charge in [0.2, 0.25) is 11.7 Å². The van der Waals surface area contributed by atoms with E-state index in [1.807, 2.05) is 40.9 Å². The Morgan fingerprint density at radius 3 is 2.79 bits per heavy atom. The molecule has 0 atom stereocenters. The van der Waals surface area contributed by atoms with Crippen LogP contribution in [0.4, 0.5) is 5.69 Å². The van der Waals surface area contributed by atoms with Gasteiger partial charge in [0.15, 0.2) is 5.76 Å². The van der Waals surface area contributed by atoms with Crippen molar-refractivity contribution in [3.63, 3.8) is 0 Å². The van der Waals surface area contributed by atoms with Crippen molar-refractivity contribution in [3.8, 4) is 11.6 Å². The molecule has 4 aromatic rings. The van der Waals surface area contributed by atoms with Gasteiger partial charge in [0.1, 0.15) is 5.03 Å². The summed E-state index contributed by atoms with van der Waals surface area (Å²) in [5.41, 5.74) is 3.12. The molecule has 0 saturated heterocycles. The molecule has 7 nitrogen and oxygen atoms in total. The van der Waals surface area contributed by atoms with Crippen LogP contribution < -0.4 is 5.32 Å². The second-order valence-corrected chi connectivity index (χ2v) is 7.69. The van der Waals surface area contributed by atoms with Crippen LogP contribution in [0.1, 0.15) is 24.6 Å². The van der Waals surface area contributed by atoms with Crippen LogP contribution in [0, 0.1) is 0 Å². The first kappa shape index (κ1) is 17.0. The Morgan fingerprint density at radius 2 is 2.04 bits per heavy atom. The van der Waals surface area contributed by atoms with Gasteiger partial charge >= 0.3 is 0 Å². The summed E-state index contributed by atoms with van der Waals surface area (Å²) in [6, 6.07) is 11.5. The molecule has 8 heteroatoms. The Labute approximate surface area is 165 Å². The van der Waals surface area contributed by atoms with E-state index in [9.17, 15) is 4.79 Å². The summed E-state index contributed by atoms with van der Waals surface area (Å²) in [5, 5.41) is 8.48. The summed E-state index contributed by atoms with van der Waals surface area (Å²) in [7, 11) is 0. The highest BCUT2D eigenvalue weighted by Crippen LogP contribution is 2.36. The molecule has 0 saturated carbocycles. The molecule has 3 aromatic heterocycles. The number of amides is 1. The summed E-state index contributed by atoms with van der Waals surface area (Å²) >= 11 is 1.64. The van der Waals surface area contributed by atoms with E-state index in [1.165, 1.54) is 12.5 Å². The van der Waals surface area contributed by atoms with E-state index in [2.05, 4.69) is 15.4 Å². The fourth-order valence-electron chi connectivity index (χ4n) is 3.38. The van der Waals surface area contributed by atoms with Gasteiger partial charge in [-0.25, -0.2) is 4.98 Å².